The van der Waals surface area contributed by atoms with E-state index in [1.807, 2.05) is 0 Å². The van der Waals surface area contributed by atoms with Gasteiger partial charge in [0.05, 0.1) is 22.7 Å². The second-order valence-electron chi connectivity index (χ2n) is 8.32. The van der Waals surface area contributed by atoms with Gasteiger partial charge in [-0.15, -0.1) is 0 Å². The summed E-state index contributed by atoms with van der Waals surface area (Å²) in [4.78, 5) is 0. The number of hydrogen-bond acceptors (Lipinski definition) is 2. The SMILES string of the molecule is c1ccc(N(c2ccc3ccccc3c2)N(c2ccccc2)c2cccc3ccccc23)cc1. The lowest BCUT2D eigenvalue weighted by molar-refractivity contribution is 0.996. The zero-order valence-electron chi connectivity index (χ0n) is 18.8. The van der Waals surface area contributed by atoms with E-state index >= 15 is 0 Å². The molecule has 34 heavy (non-hydrogen) atoms. The van der Waals surface area contributed by atoms with Crippen LogP contribution in [-0.2, 0) is 0 Å². The molecule has 0 radical (unpaired) electrons. The fourth-order valence-electron chi connectivity index (χ4n) is 4.58. The van der Waals surface area contributed by atoms with Crippen LogP contribution >= 0.6 is 0 Å². The molecule has 2 heteroatoms. The summed E-state index contributed by atoms with van der Waals surface area (Å²) in [5.74, 6) is 0. The number of fused-ring (bicyclic) bond motifs is 2. The van der Waals surface area contributed by atoms with Crippen molar-refractivity contribution in [1.82, 2.24) is 0 Å². The van der Waals surface area contributed by atoms with Gasteiger partial charge in [-0.2, -0.15) is 0 Å². The van der Waals surface area contributed by atoms with E-state index in [2.05, 4.69) is 156 Å². The normalized spacial score (nSPS) is 10.9. The monoisotopic (exact) mass is 436 g/mol. The van der Waals surface area contributed by atoms with Crippen molar-refractivity contribution in [3.05, 3.63) is 146 Å². The Kier molecular flexibility index (Phi) is 5.17. The third-order valence-electron chi connectivity index (χ3n) is 6.17. The van der Waals surface area contributed by atoms with Gasteiger partial charge in [-0.3, -0.25) is 0 Å². The second kappa shape index (κ2) is 8.76. The Morgan fingerprint density at radius 1 is 0.324 bits per heavy atom. The van der Waals surface area contributed by atoms with Crippen molar-refractivity contribution in [2.24, 2.45) is 0 Å². The maximum atomic E-state index is 2.32. The first-order valence-electron chi connectivity index (χ1n) is 11.6. The van der Waals surface area contributed by atoms with E-state index in [0.29, 0.717) is 0 Å². The minimum atomic E-state index is 1.09. The summed E-state index contributed by atoms with van der Waals surface area (Å²) in [6.07, 6.45) is 0. The highest BCUT2D eigenvalue weighted by molar-refractivity contribution is 5.98. The first-order chi connectivity index (χ1) is 16.9. The quantitative estimate of drug-likeness (QED) is 0.249. The van der Waals surface area contributed by atoms with Crippen LogP contribution in [0.2, 0.25) is 0 Å². The summed E-state index contributed by atoms with van der Waals surface area (Å²) in [5, 5.41) is 9.50. The van der Waals surface area contributed by atoms with Gasteiger partial charge in [-0.05, 0) is 58.6 Å². The molecule has 6 rings (SSSR count). The lowest BCUT2D eigenvalue weighted by Crippen LogP contribution is -2.36. The van der Waals surface area contributed by atoms with Gasteiger partial charge in [0.15, 0.2) is 0 Å². The van der Waals surface area contributed by atoms with Gasteiger partial charge in [0, 0.05) is 5.39 Å². The first-order valence-corrected chi connectivity index (χ1v) is 11.6. The Balaban J connectivity index is 1.65. The number of anilines is 4. The van der Waals surface area contributed by atoms with Crippen LogP contribution in [0, 0.1) is 0 Å². The molecule has 0 heterocycles. The highest BCUT2D eigenvalue weighted by atomic mass is 15.6. The summed E-state index contributed by atoms with van der Waals surface area (Å²) in [5.41, 5.74) is 4.41. The van der Waals surface area contributed by atoms with Gasteiger partial charge in [-0.1, -0.05) is 103 Å². The number of benzene rings is 6. The molecule has 0 aliphatic carbocycles. The van der Waals surface area contributed by atoms with Crippen molar-refractivity contribution < 1.29 is 0 Å². The summed E-state index contributed by atoms with van der Waals surface area (Å²) in [6.45, 7) is 0. The Labute approximate surface area is 199 Å². The Hall–Kier alpha value is -4.56. The molecule has 0 N–H and O–H groups in total. The van der Waals surface area contributed by atoms with Gasteiger partial charge < -0.3 is 0 Å². The molecule has 0 saturated carbocycles. The molecule has 0 atom stereocenters. The zero-order chi connectivity index (χ0) is 22.7. The zero-order valence-corrected chi connectivity index (χ0v) is 18.8. The minimum Gasteiger partial charge on any atom is -0.249 e. The summed E-state index contributed by atoms with van der Waals surface area (Å²) < 4.78 is 0. The average Bonchev–Trinajstić information content (AvgIpc) is 2.92. The van der Waals surface area contributed by atoms with E-state index in [1.54, 1.807) is 0 Å². The number of rotatable bonds is 5. The molecule has 162 valence electrons. The number of hydrogen-bond donors (Lipinski definition) is 0. The second-order valence-corrected chi connectivity index (χ2v) is 8.32. The van der Waals surface area contributed by atoms with Gasteiger partial charge in [0.1, 0.15) is 0 Å². The lowest BCUT2D eigenvalue weighted by atomic mass is 10.1. The van der Waals surface area contributed by atoms with Gasteiger partial charge in [0.25, 0.3) is 0 Å². The highest BCUT2D eigenvalue weighted by Crippen LogP contribution is 2.40. The molecule has 6 aromatic carbocycles. The fraction of sp³-hybridized carbons (Fsp3) is 0. The van der Waals surface area contributed by atoms with Crippen LogP contribution in [0.15, 0.2) is 146 Å². The van der Waals surface area contributed by atoms with E-state index in [4.69, 9.17) is 0 Å². The van der Waals surface area contributed by atoms with E-state index < -0.39 is 0 Å². The molecule has 0 aliphatic heterocycles. The van der Waals surface area contributed by atoms with Crippen LogP contribution in [0.3, 0.4) is 0 Å². The molecule has 0 fully saturated rings. The minimum absolute atomic E-state index is 1.09. The highest BCUT2D eigenvalue weighted by Gasteiger charge is 2.23. The van der Waals surface area contributed by atoms with Crippen molar-refractivity contribution in [1.29, 1.82) is 0 Å². The van der Waals surface area contributed by atoms with E-state index in [1.165, 1.54) is 21.5 Å². The van der Waals surface area contributed by atoms with Crippen LogP contribution in [0.25, 0.3) is 21.5 Å². The Morgan fingerprint density at radius 2 is 0.882 bits per heavy atom. The third-order valence-corrected chi connectivity index (χ3v) is 6.17. The van der Waals surface area contributed by atoms with Crippen LogP contribution < -0.4 is 10.0 Å². The molecule has 0 unspecified atom stereocenters. The maximum Gasteiger partial charge on any atom is 0.0715 e. The lowest BCUT2D eigenvalue weighted by Gasteiger charge is -2.39. The van der Waals surface area contributed by atoms with Gasteiger partial charge in [0.2, 0.25) is 0 Å². The van der Waals surface area contributed by atoms with Crippen molar-refractivity contribution >= 4 is 44.3 Å². The van der Waals surface area contributed by atoms with Crippen LogP contribution in [0.4, 0.5) is 22.7 Å². The summed E-state index contributed by atoms with van der Waals surface area (Å²) in [6, 6.07) is 51.4. The first kappa shape index (κ1) is 20.1. The summed E-state index contributed by atoms with van der Waals surface area (Å²) >= 11 is 0. The van der Waals surface area contributed by atoms with Gasteiger partial charge >= 0.3 is 0 Å². The van der Waals surface area contributed by atoms with Crippen LogP contribution in [0.5, 0.6) is 0 Å². The molecule has 0 saturated heterocycles. The van der Waals surface area contributed by atoms with Crippen molar-refractivity contribution in [3.8, 4) is 0 Å². The predicted molar refractivity (Wildman–Crippen MR) is 145 cm³/mol. The fourth-order valence-corrected chi connectivity index (χ4v) is 4.58. The number of hydrazine groups is 1. The van der Waals surface area contributed by atoms with E-state index in [9.17, 15) is 0 Å². The van der Waals surface area contributed by atoms with E-state index in [0.717, 1.165) is 22.7 Å². The van der Waals surface area contributed by atoms with Crippen molar-refractivity contribution in [2.75, 3.05) is 10.0 Å². The Bertz CT molecular complexity index is 1550. The standard InChI is InChI=1S/C32H24N2/c1-3-16-28(17-4-1)33(30-23-22-25-12-7-8-14-27(25)24-30)34(29-18-5-2-6-19-29)32-21-11-15-26-13-9-10-20-31(26)32/h1-24H. The summed E-state index contributed by atoms with van der Waals surface area (Å²) in [7, 11) is 0. The van der Waals surface area contributed by atoms with E-state index in [-0.39, 0.29) is 0 Å². The molecule has 0 amide bonds. The smallest absolute Gasteiger partial charge is 0.0715 e. The molecule has 2 nitrogen and oxygen atoms in total. The number of nitrogens with zero attached hydrogens (tertiary/aromatic N) is 2. The molecule has 6 aromatic rings. The largest absolute Gasteiger partial charge is 0.249 e. The molecule has 0 bridgehead atoms. The third kappa shape index (κ3) is 3.66. The Morgan fingerprint density at radius 3 is 1.62 bits per heavy atom. The molecular formula is C32H24N2. The van der Waals surface area contributed by atoms with Crippen molar-refractivity contribution in [3.63, 3.8) is 0 Å². The molecule has 0 aliphatic rings. The maximum absolute atomic E-state index is 2.32. The van der Waals surface area contributed by atoms with Crippen LogP contribution in [0.1, 0.15) is 0 Å². The predicted octanol–water partition coefficient (Wildman–Crippen LogP) is 8.88. The van der Waals surface area contributed by atoms with Crippen LogP contribution in [-0.4, -0.2) is 0 Å². The van der Waals surface area contributed by atoms with Crippen molar-refractivity contribution in [2.45, 2.75) is 0 Å². The molecule has 0 spiro atoms. The van der Waals surface area contributed by atoms with Gasteiger partial charge in [-0.25, -0.2) is 10.0 Å². The topological polar surface area (TPSA) is 6.48 Å². The molecule has 0 aromatic heterocycles. The number of para-hydroxylation sites is 2. The average molecular weight is 437 g/mol. The molecular weight excluding hydrogens is 412 g/mol.